The first-order chi connectivity index (χ1) is 12.6. The van der Waals surface area contributed by atoms with E-state index in [0.717, 1.165) is 24.3 Å². The Morgan fingerprint density at radius 3 is 2.44 bits per heavy atom. The first-order valence-corrected chi connectivity index (χ1v) is 7.51. The number of halogens is 3. The fourth-order valence-electron chi connectivity index (χ4n) is 2.05. The van der Waals surface area contributed by atoms with Crippen molar-refractivity contribution < 1.29 is 32.4 Å². The number of hydrogen-bond donors (Lipinski definition) is 1. The molecule has 0 aliphatic rings. The largest absolute Gasteiger partial charge is 0.449 e. The molecule has 0 bridgehead atoms. The van der Waals surface area contributed by atoms with Crippen LogP contribution in [0.2, 0.25) is 0 Å². The highest BCUT2D eigenvalue weighted by molar-refractivity contribution is 5.97. The molecule has 0 saturated heterocycles. The summed E-state index contributed by atoms with van der Waals surface area (Å²) in [6, 6.07) is 8.68. The minimum absolute atomic E-state index is 0.118. The predicted octanol–water partition coefficient (Wildman–Crippen LogP) is 3.80. The van der Waals surface area contributed by atoms with E-state index in [2.05, 4.69) is 5.32 Å². The quantitative estimate of drug-likeness (QED) is 0.482. The van der Waals surface area contributed by atoms with Crippen molar-refractivity contribution in [2.75, 3.05) is 5.32 Å². The number of nitro groups is 1. The molecule has 2 aromatic rings. The van der Waals surface area contributed by atoms with Crippen LogP contribution < -0.4 is 5.32 Å². The Balaban J connectivity index is 2.04. The van der Waals surface area contributed by atoms with Crippen molar-refractivity contribution in [3.05, 3.63) is 69.8 Å². The van der Waals surface area contributed by atoms with E-state index in [-0.39, 0.29) is 16.9 Å². The SMILES string of the molecule is C[C@@H](OC(=O)c1cccc([N+](=O)[O-])c1)C(=O)Nc1cccc(C(F)(F)F)c1. The number of anilines is 1. The fraction of sp³-hybridized carbons (Fsp3) is 0.176. The Morgan fingerprint density at radius 1 is 1.15 bits per heavy atom. The summed E-state index contributed by atoms with van der Waals surface area (Å²) in [5, 5.41) is 12.9. The molecule has 0 unspecified atom stereocenters. The number of nitrogens with zero attached hydrogens (tertiary/aromatic N) is 1. The van der Waals surface area contributed by atoms with Gasteiger partial charge in [-0.3, -0.25) is 14.9 Å². The smallest absolute Gasteiger partial charge is 0.416 e. The molecule has 0 aromatic heterocycles. The summed E-state index contributed by atoms with van der Waals surface area (Å²) in [4.78, 5) is 34.1. The maximum Gasteiger partial charge on any atom is 0.416 e. The lowest BCUT2D eigenvalue weighted by Gasteiger charge is -2.14. The van der Waals surface area contributed by atoms with Crippen LogP contribution in [0.3, 0.4) is 0 Å². The lowest BCUT2D eigenvalue weighted by Crippen LogP contribution is -2.30. The van der Waals surface area contributed by atoms with Gasteiger partial charge in [0, 0.05) is 17.8 Å². The molecule has 0 fully saturated rings. The average Bonchev–Trinajstić information content (AvgIpc) is 2.61. The van der Waals surface area contributed by atoms with Gasteiger partial charge in [0.05, 0.1) is 16.1 Å². The van der Waals surface area contributed by atoms with Crippen LogP contribution in [-0.2, 0) is 15.7 Å². The second kappa shape index (κ2) is 7.85. The molecular formula is C17H13F3N2O5. The van der Waals surface area contributed by atoms with E-state index in [1.165, 1.54) is 31.2 Å². The monoisotopic (exact) mass is 382 g/mol. The number of ether oxygens (including phenoxy) is 1. The third-order valence-corrected chi connectivity index (χ3v) is 3.40. The number of amides is 1. The summed E-state index contributed by atoms with van der Waals surface area (Å²) in [7, 11) is 0. The predicted molar refractivity (Wildman–Crippen MR) is 88.0 cm³/mol. The lowest BCUT2D eigenvalue weighted by atomic mass is 10.2. The van der Waals surface area contributed by atoms with Crippen LogP contribution in [0, 0.1) is 10.1 Å². The molecule has 0 saturated carbocycles. The molecule has 0 spiro atoms. The van der Waals surface area contributed by atoms with Gasteiger partial charge in [0.1, 0.15) is 0 Å². The van der Waals surface area contributed by atoms with Crippen molar-refractivity contribution in [2.45, 2.75) is 19.2 Å². The number of non-ortho nitro benzene ring substituents is 1. The van der Waals surface area contributed by atoms with E-state index < -0.39 is 34.6 Å². The topological polar surface area (TPSA) is 98.5 Å². The number of rotatable bonds is 5. The molecule has 1 N–H and O–H groups in total. The van der Waals surface area contributed by atoms with Gasteiger partial charge in [-0.05, 0) is 31.2 Å². The van der Waals surface area contributed by atoms with E-state index >= 15 is 0 Å². The summed E-state index contributed by atoms with van der Waals surface area (Å²) in [5.41, 5.74) is -1.52. The Kier molecular flexibility index (Phi) is 5.78. The zero-order chi connectivity index (χ0) is 20.2. The molecule has 0 radical (unpaired) electrons. The maximum atomic E-state index is 12.7. The van der Waals surface area contributed by atoms with Gasteiger partial charge >= 0.3 is 12.1 Å². The van der Waals surface area contributed by atoms with Crippen LogP contribution in [0.25, 0.3) is 0 Å². The third kappa shape index (κ3) is 5.27. The first kappa shape index (κ1) is 19.9. The molecule has 2 rings (SSSR count). The highest BCUT2D eigenvalue weighted by Gasteiger charge is 2.30. The molecule has 7 nitrogen and oxygen atoms in total. The van der Waals surface area contributed by atoms with E-state index in [1.807, 2.05) is 0 Å². The molecule has 27 heavy (non-hydrogen) atoms. The first-order valence-electron chi connectivity index (χ1n) is 7.51. The number of nitro benzene ring substituents is 1. The Bertz CT molecular complexity index is 883. The molecule has 0 aliphatic heterocycles. The normalized spacial score (nSPS) is 12.1. The van der Waals surface area contributed by atoms with Crippen LogP contribution in [0.5, 0.6) is 0 Å². The van der Waals surface area contributed by atoms with E-state index in [1.54, 1.807) is 0 Å². The zero-order valence-electron chi connectivity index (χ0n) is 13.8. The number of benzene rings is 2. The molecule has 1 atom stereocenters. The summed E-state index contributed by atoms with van der Waals surface area (Å²) in [5.74, 6) is -1.83. The van der Waals surface area contributed by atoms with Crippen molar-refractivity contribution in [3.63, 3.8) is 0 Å². The van der Waals surface area contributed by atoms with Crippen molar-refractivity contribution in [1.82, 2.24) is 0 Å². The standard InChI is InChI=1S/C17H13F3N2O5/c1-10(27-16(24)11-4-2-7-14(8-11)22(25)26)15(23)21-13-6-3-5-12(9-13)17(18,19)20/h2-10H,1H3,(H,21,23)/t10-/m1/s1. The molecule has 2 aromatic carbocycles. The van der Waals surface area contributed by atoms with E-state index in [9.17, 15) is 32.9 Å². The van der Waals surface area contributed by atoms with E-state index in [0.29, 0.717) is 0 Å². The van der Waals surface area contributed by atoms with Gasteiger partial charge in [-0.1, -0.05) is 12.1 Å². The molecular weight excluding hydrogens is 369 g/mol. The van der Waals surface area contributed by atoms with Gasteiger partial charge < -0.3 is 10.1 Å². The van der Waals surface area contributed by atoms with Gasteiger partial charge in [0.2, 0.25) is 0 Å². The van der Waals surface area contributed by atoms with Crippen LogP contribution in [0.4, 0.5) is 24.5 Å². The molecule has 0 heterocycles. The summed E-state index contributed by atoms with van der Waals surface area (Å²) < 4.78 is 43.0. The Morgan fingerprint density at radius 2 is 1.81 bits per heavy atom. The third-order valence-electron chi connectivity index (χ3n) is 3.40. The van der Waals surface area contributed by atoms with Crippen LogP contribution in [0.15, 0.2) is 48.5 Å². The number of carbonyl (C=O) groups excluding carboxylic acids is 2. The molecule has 0 aliphatic carbocycles. The summed E-state index contributed by atoms with van der Waals surface area (Å²) in [6.45, 7) is 1.22. The number of nitrogens with one attached hydrogen (secondary N) is 1. The van der Waals surface area contributed by atoms with Gasteiger partial charge in [-0.15, -0.1) is 0 Å². The van der Waals surface area contributed by atoms with Gasteiger partial charge in [0.15, 0.2) is 6.10 Å². The minimum Gasteiger partial charge on any atom is -0.449 e. The summed E-state index contributed by atoms with van der Waals surface area (Å²) in [6.07, 6.45) is -5.91. The highest BCUT2D eigenvalue weighted by atomic mass is 19.4. The zero-order valence-corrected chi connectivity index (χ0v) is 13.8. The maximum absolute atomic E-state index is 12.7. The molecule has 142 valence electrons. The van der Waals surface area contributed by atoms with Gasteiger partial charge in [-0.2, -0.15) is 13.2 Å². The lowest BCUT2D eigenvalue weighted by molar-refractivity contribution is -0.384. The van der Waals surface area contributed by atoms with Crippen LogP contribution in [-0.4, -0.2) is 22.9 Å². The number of hydrogen-bond acceptors (Lipinski definition) is 5. The van der Waals surface area contributed by atoms with Crippen molar-refractivity contribution in [1.29, 1.82) is 0 Å². The minimum atomic E-state index is -4.57. The molecule has 10 heteroatoms. The number of carbonyl (C=O) groups is 2. The Labute approximate surface area is 150 Å². The Hall–Kier alpha value is -3.43. The average molecular weight is 382 g/mol. The van der Waals surface area contributed by atoms with Crippen molar-refractivity contribution in [2.24, 2.45) is 0 Å². The van der Waals surface area contributed by atoms with Crippen molar-refractivity contribution in [3.8, 4) is 0 Å². The second-order valence-electron chi connectivity index (χ2n) is 5.42. The second-order valence-corrected chi connectivity index (χ2v) is 5.42. The number of alkyl halides is 3. The molecule has 1 amide bonds. The van der Waals surface area contributed by atoms with Crippen molar-refractivity contribution >= 4 is 23.3 Å². The van der Waals surface area contributed by atoms with Gasteiger partial charge in [-0.25, -0.2) is 4.79 Å². The number of esters is 1. The fourth-order valence-corrected chi connectivity index (χ4v) is 2.05. The van der Waals surface area contributed by atoms with E-state index in [4.69, 9.17) is 4.74 Å². The van der Waals surface area contributed by atoms with Crippen LogP contribution >= 0.6 is 0 Å². The van der Waals surface area contributed by atoms with Gasteiger partial charge in [0.25, 0.3) is 11.6 Å². The van der Waals surface area contributed by atoms with Crippen LogP contribution in [0.1, 0.15) is 22.8 Å². The highest BCUT2D eigenvalue weighted by Crippen LogP contribution is 2.30. The summed E-state index contributed by atoms with van der Waals surface area (Å²) >= 11 is 0.